The number of carbonyl (C=O) groups excluding carboxylic acids is 1. The first kappa shape index (κ1) is 19.2. The topological polar surface area (TPSA) is 73.1 Å². The van der Waals surface area contributed by atoms with E-state index < -0.39 is 11.2 Å². The minimum Gasteiger partial charge on any atom is -0.355 e. The van der Waals surface area contributed by atoms with Crippen LogP contribution in [0.2, 0.25) is 10.0 Å². The van der Waals surface area contributed by atoms with E-state index >= 15 is 0 Å². The van der Waals surface area contributed by atoms with E-state index in [2.05, 4.69) is 5.32 Å². The summed E-state index contributed by atoms with van der Waals surface area (Å²) < 4.78 is 2.25. The van der Waals surface area contributed by atoms with E-state index in [4.69, 9.17) is 23.2 Å². The zero-order chi connectivity index (χ0) is 19.6. The molecule has 1 aromatic heterocycles. The van der Waals surface area contributed by atoms with Crippen molar-refractivity contribution in [3.8, 4) is 5.69 Å². The van der Waals surface area contributed by atoms with Crippen molar-refractivity contribution in [1.82, 2.24) is 14.5 Å². The number of benzene rings is 2. The van der Waals surface area contributed by atoms with Gasteiger partial charge in [0.25, 0.3) is 5.56 Å². The summed E-state index contributed by atoms with van der Waals surface area (Å²) in [4.78, 5) is 38.3. The Morgan fingerprint density at radius 3 is 2.52 bits per heavy atom. The van der Waals surface area contributed by atoms with Gasteiger partial charge in [-0.3, -0.25) is 14.2 Å². The highest BCUT2D eigenvalue weighted by Crippen LogP contribution is 2.17. The Hall–Kier alpha value is -2.57. The van der Waals surface area contributed by atoms with Crippen LogP contribution in [0.4, 0.5) is 0 Å². The number of amides is 1. The Bertz CT molecular complexity index is 1140. The third-order valence-corrected chi connectivity index (χ3v) is 4.52. The summed E-state index contributed by atoms with van der Waals surface area (Å²) in [5.74, 6) is -0.323. The molecule has 0 atom stereocenters. The Labute approximate surface area is 164 Å². The summed E-state index contributed by atoms with van der Waals surface area (Å²) in [6, 6.07) is 11.0. The molecule has 0 radical (unpaired) electrons. The highest BCUT2D eigenvalue weighted by Gasteiger charge is 2.17. The van der Waals surface area contributed by atoms with Gasteiger partial charge in [-0.15, -0.1) is 0 Å². The summed E-state index contributed by atoms with van der Waals surface area (Å²) >= 11 is 12.1. The quantitative estimate of drug-likeness (QED) is 0.708. The molecule has 0 saturated heterocycles. The van der Waals surface area contributed by atoms with Crippen molar-refractivity contribution in [3.63, 3.8) is 0 Å². The molecule has 8 heteroatoms. The average Bonchev–Trinajstić information content (AvgIpc) is 2.63. The minimum atomic E-state index is -0.635. The number of fused-ring (bicyclic) bond motifs is 1. The molecule has 0 aliphatic heterocycles. The first-order valence-corrected chi connectivity index (χ1v) is 9.15. The number of hydrogen-bond donors (Lipinski definition) is 1. The van der Waals surface area contributed by atoms with Gasteiger partial charge in [-0.25, -0.2) is 9.36 Å². The molecule has 0 bridgehead atoms. The van der Waals surface area contributed by atoms with Crippen LogP contribution in [0.3, 0.4) is 0 Å². The van der Waals surface area contributed by atoms with Crippen molar-refractivity contribution in [2.45, 2.75) is 19.9 Å². The molecular formula is C19H17Cl2N3O3. The van der Waals surface area contributed by atoms with Gasteiger partial charge in [0.05, 0.1) is 16.6 Å². The van der Waals surface area contributed by atoms with Crippen molar-refractivity contribution >= 4 is 40.0 Å². The summed E-state index contributed by atoms with van der Waals surface area (Å²) in [6.45, 7) is 2.21. The molecule has 2 aromatic carbocycles. The van der Waals surface area contributed by atoms with Crippen LogP contribution in [-0.2, 0) is 11.3 Å². The third kappa shape index (κ3) is 3.91. The van der Waals surface area contributed by atoms with E-state index in [0.717, 1.165) is 11.0 Å². The normalized spacial score (nSPS) is 10.9. The molecule has 0 unspecified atom stereocenters. The lowest BCUT2D eigenvalue weighted by Gasteiger charge is -2.14. The number of halogens is 2. The fourth-order valence-corrected chi connectivity index (χ4v) is 3.15. The molecule has 1 amide bonds. The van der Waals surface area contributed by atoms with E-state index in [-0.39, 0.29) is 17.8 Å². The van der Waals surface area contributed by atoms with Crippen LogP contribution in [0.5, 0.6) is 0 Å². The van der Waals surface area contributed by atoms with Crippen molar-refractivity contribution in [2.24, 2.45) is 0 Å². The predicted molar refractivity (Wildman–Crippen MR) is 107 cm³/mol. The van der Waals surface area contributed by atoms with Crippen LogP contribution < -0.4 is 16.6 Å². The van der Waals surface area contributed by atoms with Crippen molar-refractivity contribution in [3.05, 3.63) is 73.3 Å². The molecule has 0 saturated carbocycles. The second kappa shape index (κ2) is 7.98. The lowest BCUT2D eigenvalue weighted by atomic mass is 10.2. The largest absolute Gasteiger partial charge is 0.355 e. The average molecular weight is 406 g/mol. The van der Waals surface area contributed by atoms with Crippen LogP contribution in [0, 0.1) is 0 Å². The highest BCUT2D eigenvalue weighted by molar-refractivity contribution is 6.31. The number of aromatic nitrogens is 2. The van der Waals surface area contributed by atoms with Gasteiger partial charge in [-0.1, -0.05) is 36.2 Å². The summed E-state index contributed by atoms with van der Waals surface area (Å²) in [7, 11) is 0. The fraction of sp³-hybridized carbons (Fsp3) is 0.211. The first-order valence-electron chi connectivity index (χ1n) is 8.40. The van der Waals surface area contributed by atoms with E-state index in [1.54, 1.807) is 30.3 Å². The molecule has 0 fully saturated rings. The lowest BCUT2D eigenvalue weighted by Crippen LogP contribution is -2.42. The smallest absolute Gasteiger partial charge is 0.336 e. The molecule has 3 aromatic rings. The minimum absolute atomic E-state index is 0.226. The van der Waals surface area contributed by atoms with Gasteiger partial charge >= 0.3 is 5.69 Å². The summed E-state index contributed by atoms with van der Waals surface area (Å²) in [5, 5.41) is 3.77. The molecule has 0 aliphatic carbocycles. The Kier molecular flexibility index (Phi) is 5.68. The molecule has 0 spiro atoms. The lowest BCUT2D eigenvalue weighted by molar-refractivity contribution is -0.121. The second-order valence-electron chi connectivity index (χ2n) is 6.00. The van der Waals surface area contributed by atoms with Gasteiger partial charge in [-0.2, -0.15) is 0 Å². The Balaban J connectivity index is 2.29. The predicted octanol–water partition coefficient (Wildman–Crippen LogP) is 2.99. The van der Waals surface area contributed by atoms with E-state index in [1.165, 1.54) is 16.7 Å². The Morgan fingerprint density at radius 2 is 1.81 bits per heavy atom. The first-order chi connectivity index (χ1) is 12.9. The molecule has 140 valence electrons. The van der Waals surface area contributed by atoms with Gasteiger partial charge in [0, 0.05) is 16.6 Å². The standard InChI is InChI=1S/C19H17Cl2N3O3/c1-2-8-22-17(25)11-23-16-10-13(21)6-7-15(16)18(26)24(19(23)27)14-5-3-4-12(20)9-14/h3-7,9-10H,2,8,11H2,1H3,(H,22,25). The molecule has 1 heterocycles. The molecule has 27 heavy (non-hydrogen) atoms. The van der Waals surface area contributed by atoms with E-state index in [1.807, 2.05) is 6.92 Å². The van der Waals surface area contributed by atoms with Crippen LogP contribution in [0.25, 0.3) is 16.6 Å². The van der Waals surface area contributed by atoms with Crippen LogP contribution in [0.1, 0.15) is 13.3 Å². The van der Waals surface area contributed by atoms with Crippen molar-refractivity contribution in [1.29, 1.82) is 0 Å². The maximum Gasteiger partial charge on any atom is 0.336 e. The van der Waals surface area contributed by atoms with Crippen molar-refractivity contribution < 1.29 is 4.79 Å². The SMILES string of the molecule is CCCNC(=O)Cn1c(=O)n(-c2cccc(Cl)c2)c(=O)c2ccc(Cl)cc21. The molecular weight excluding hydrogens is 389 g/mol. The molecule has 1 N–H and O–H groups in total. The van der Waals surface area contributed by atoms with E-state index in [0.29, 0.717) is 27.8 Å². The molecule has 6 nitrogen and oxygen atoms in total. The summed E-state index contributed by atoms with van der Waals surface area (Å²) in [6.07, 6.45) is 0.773. The van der Waals surface area contributed by atoms with Crippen LogP contribution >= 0.6 is 23.2 Å². The van der Waals surface area contributed by atoms with Crippen LogP contribution in [-0.4, -0.2) is 21.6 Å². The fourth-order valence-electron chi connectivity index (χ4n) is 2.80. The van der Waals surface area contributed by atoms with Gasteiger partial charge < -0.3 is 5.32 Å². The van der Waals surface area contributed by atoms with Gasteiger partial charge in [-0.05, 0) is 42.8 Å². The van der Waals surface area contributed by atoms with Gasteiger partial charge in [0.2, 0.25) is 5.91 Å². The zero-order valence-corrected chi connectivity index (χ0v) is 16.0. The van der Waals surface area contributed by atoms with E-state index in [9.17, 15) is 14.4 Å². The van der Waals surface area contributed by atoms with Crippen molar-refractivity contribution in [2.75, 3.05) is 6.54 Å². The molecule has 0 aliphatic rings. The number of nitrogens with one attached hydrogen (secondary N) is 1. The number of nitrogens with zero attached hydrogens (tertiary/aromatic N) is 2. The third-order valence-electron chi connectivity index (χ3n) is 4.05. The number of hydrogen-bond acceptors (Lipinski definition) is 3. The monoisotopic (exact) mass is 405 g/mol. The summed E-state index contributed by atoms with van der Waals surface area (Å²) in [5.41, 5.74) is -0.498. The number of carbonyl (C=O) groups is 1. The number of rotatable bonds is 5. The maximum atomic E-state index is 13.1. The molecule has 3 rings (SSSR count). The van der Waals surface area contributed by atoms with Gasteiger partial charge in [0.15, 0.2) is 0 Å². The highest BCUT2D eigenvalue weighted by atomic mass is 35.5. The Morgan fingerprint density at radius 1 is 1.07 bits per heavy atom. The zero-order valence-electron chi connectivity index (χ0n) is 14.5. The van der Waals surface area contributed by atoms with Crippen LogP contribution in [0.15, 0.2) is 52.1 Å². The van der Waals surface area contributed by atoms with Gasteiger partial charge in [0.1, 0.15) is 6.54 Å². The second-order valence-corrected chi connectivity index (χ2v) is 6.87. The maximum absolute atomic E-state index is 13.1.